The van der Waals surface area contributed by atoms with E-state index < -0.39 is 17.2 Å². The van der Waals surface area contributed by atoms with Gasteiger partial charge in [-0.3, -0.25) is 0 Å². The second-order valence-electron chi connectivity index (χ2n) is 4.17. The first kappa shape index (κ1) is 13.1. The fourth-order valence-corrected chi connectivity index (χ4v) is 2.71. The third-order valence-electron chi connectivity index (χ3n) is 2.86. The predicted molar refractivity (Wildman–Crippen MR) is 68.3 cm³/mol. The van der Waals surface area contributed by atoms with Crippen molar-refractivity contribution in [2.45, 2.75) is 12.2 Å². The van der Waals surface area contributed by atoms with Crippen molar-refractivity contribution in [2.75, 3.05) is 0 Å². The van der Waals surface area contributed by atoms with Crippen LogP contribution in [0.1, 0.15) is 21.5 Å². The van der Waals surface area contributed by atoms with Crippen LogP contribution in [-0.2, 0) is 6.18 Å². The summed E-state index contributed by atoms with van der Waals surface area (Å²) in [5, 5.41) is 3.23. The minimum absolute atomic E-state index is 0.357. The Morgan fingerprint density at radius 3 is 2.75 bits per heavy atom. The zero-order valence-electron chi connectivity index (χ0n) is 10.0. The van der Waals surface area contributed by atoms with Gasteiger partial charge >= 0.3 is 6.18 Å². The Labute approximate surface area is 115 Å². The Balaban J connectivity index is 2.00. The lowest BCUT2D eigenvalue weighted by Gasteiger charge is -2.07. The van der Waals surface area contributed by atoms with Crippen molar-refractivity contribution in [3.8, 4) is 0 Å². The zero-order chi connectivity index (χ0) is 14.3. The van der Waals surface area contributed by atoms with Crippen LogP contribution in [-0.4, -0.2) is 14.6 Å². The molecule has 104 valence electrons. The van der Waals surface area contributed by atoms with Crippen LogP contribution >= 0.6 is 11.3 Å². The maximum atomic E-state index is 12.6. The third-order valence-corrected chi connectivity index (χ3v) is 3.99. The fourth-order valence-electron chi connectivity index (χ4n) is 1.91. The molecular weight excluding hydrogens is 289 g/mol. The first-order chi connectivity index (χ1) is 9.47. The average molecular weight is 298 g/mol. The van der Waals surface area contributed by atoms with Gasteiger partial charge in [0.25, 0.3) is 0 Å². The lowest BCUT2D eigenvalue weighted by Crippen LogP contribution is -2.09. The molecule has 0 saturated carbocycles. The summed E-state index contributed by atoms with van der Waals surface area (Å²) in [6.45, 7) is 0. The topological polar surface area (TPSA) is 56.2 Å². The van der Waals surface area contributed by atoms with Crippen molar-refractivity contribution < 1.29 is 13.2 Å². The molecule has 3 heterocycles. The van der Waals surface area contributed by atoms with Gasteiger partial charge in [-0.05, 0) is 12.1 Å². The van der Waals surface area contributed by atoms with Gasteiger partial charge in [0.1, 0.15) is 0 Å². The normalized spacial score (nSPS) is 13.8. The molecule has 1 atom stereocenters. The number of hydrogen-bond donors (Lipinski definition) is 1. The van der Waals surface area contributed by atoms with Gasteiger partial charge in [0.05, 0.1) is 17.8 Å². The number of nitrogens with two attached hydrogens (primary N) is 1. The molecule has 0 spiro atoms. The molecule has 3 aromatic heterocycles. The molecule has 2 N–H and O–H groups in total. The van der Waals surface area contributed by atoms with E-state index >= 15 is 0 Å². The number of alkyl halides is 3. The second-order valence-corrected chi connectivity index (χ2v) is 5.24. The SMILES string of the molecule is NC(c1cnc(C(F)(F)F)s1)c1cnn2ccccc12. The van der Waals surface area contributed by atoms with E-state index in [1.165, 1.54) is 6.20 Å². The van der Waals surface area contributed by atoms with Crippen LogP contribution in [0.4, 0.5) is 13.2 Å². The molecule has 0 saturated heterocycles. The number of halogens is 3. The molecule has 3 aromatic rings. The Morgan fingerprint density at radius 1 is 1.25 bits per heavy atom. The molecule has 0 amide bonds. The zero-order valence-corrected chi connectivity index (χ0v) is 10.8. The van der Waals surface area contributed by atoms with Gasteiger partial charge < -0.3 is 5.73 Å². The minimum Gasteiger partial charge on any atom is -0.319 e. The smallest absolute Gasteiger partial charge is 0.319 e. The monoisotopic (exact) mass is 298 g/mol. The molecule has 0 aliphatic heterocycles. The number of nitrogens with zero attached hydrogens (tertiary/aromatic N) is 3. The van der Waals surface area contributed by atoms with Crippen LogP contribution in [0, 0.1) is 0 Å². The molecule has 8 heteroatoms. The molecule has 0 fully saturated rings. The summed E-state index contributed by atoms with van der Waals surface area (Å²) in [6, 6.07) is 4.77. The first-order valence-corrected chi connectivity index (χ1v) is 6.49. The van der Waals surface area contributed by atoms with E-state index in [4.69, 9.17) is 5.73 Å². The number of pyridine rings is 1. The van der Waals surface area contributed by atoms with Gasteiger partial charge in [0.2, 0.25) is 0 Å². The molecule has 4 nitrogen and oxygen atoms in total. The van der Waals surface area contributed by atoms with E-state index in [0.717, 1.165) is 5.52 Å². The van der Waals surface area contributed by atoms with Gasteiger partial charge in [0.15, 0.2) is 5.01 Å². The van der Waals surface area contributed by atoms with Gasteiger partial charge in [0, 0.05) is 22.8 Å². The van der Waals surface area contributed by atoms with Crippen LogP contribution in [0.3, 0.4) is 0 Å². The molecule has 0 aliphatic carbocycles. The maximum absolute atomic E-state index is 12.6. The predicted octanol–water partition coefficient (Wildman–Crippen LogP) is 2.86. The third kappa shape index (κ3) is 2.16. The van der Waals surface area contributed by atoms with Crippen molar-refractivity contribution in [1.29, 1.82) is 0 Å². The van der Waals surface area contributed by atoms with Crippen molar-refractivity contribution in [2.24, 2.45) is 5.73 Å². The van der Waals surface area contributed by atoms with E-state index in [0.29, 0.717) is 21.8 Å². The molecule has 0 bridgehead atoms. The Hall–Kier alpha value is -1.93. The number of fused-ring (bicyclic) bond motifs is 1. The van der Waals surface area contributed by atoms with Crippen LogP contribution < -0.4 is 5.73 Å². The Kier molecular flexibility index (Phi) is 2.98. The van der Waals surface area contributed by atoms with Crippen LogP contribution in [0.25, 0.3) is 5.52 Å². The summed E-state index contributed by atoms with van der Waals surface area (Å²) in [7, 11) is 0. The Bertz CT molecular complexity index is 746. The molecule has 0 aromatic carbocycles. The molecular formula is C12H9F3N4S. The number of rotatable bonds is 2. The van der Waals surface area contributed by atoms with Crippen LogP contribution in [0.15, 0.2) is 36.8 Å². The maximum Gasteiger partial charge on any atom is 0.443 e. The fraction of sp³-hybridized carbons (Fsp3) is 0.167. The summed E-state index contributed by atoms with van der Waals surface area (Å²) in [5.41, 5.74) is 7.47. The van der Waals surface area contributed by atoms with E-state index in [-0.39, 0.29) is 0 Å². The highest BCUT2D eigenvalue weighted by molar-refractivity contribution is 7.11. The quantitative estimate of drug-likeness (QED) is 0.791. The second kappa shape index (κ2) is 4.57. The lowest BCUT2D eigenvalue weighted by atomic mass is 10.1. The van der Waals surface area contributed by atoms with Crippen molar-refractivity contribution in [3.05, 3.63) is 52.2 Å². The molecule has 20 heavy (non-hydrogen) atoms. The highest BCUT2D eigenvalue weighted by atomic mass is 32.1. The van der Waals surface area contributed by atoms with Gasteiger partial charge in [-0.25, -0.2) is 9.50 Å². The summed E-state index contributed by atoms with van der Waals surface area (Å²) < 4.78 is 39.3. The van der Waals surface area contributed by atoms with Crippen molar-refractivity contribution in [1.82, 2.24) is 14.6 Å². The van der Waals surface area contributed by atoms with E-state index in [9.17, 15) is 13.2 Å². The Morgan fingerprint density at radius 2 is 2.05 bits per heavy atom. The molecule has 0 aliphatic rings. The summed E-state index contributed by atoms with van der Waals surface area (Å²) in [5.74, 6) is 0. The van der Waals surface area contributed by atoms with E-state index in [2.05, 4.69) is 10.1 Å². The van der Waals surface area contributed by atoms with Crippen LogP contribution in [0.2, 0.25) is 0 Å². The van der Waals surface area contributed by atoms with Crippen LogP contribution in [0.5, 0.6) is 0 Å². The highest BCUT2D eigenvalue weighted by Crippen LogP contribution is 2.35. The summed E-state index contributed by atoms with van der Waals surface area (Å²) in [6.07, 6.45) is 0.0423. The van der Waals surface area contributed by atoms with Crippen molar-refractivity contribution in [3.63, 3.8) is 0 Å². The molecule has 0 radical (unpaired) electrons. The number of hydrogen-bond acceptors (Lipinski definition) is 4. The van der Waals surface area contributed by atoms with Crippen molar-refractivity contribution >= 4 is 16.9 Å². The van der Waals surface area contributed by atoms with E-state index in [1.807, 2.05) is 18.2 Å². The molecule has 1 unspecified atom stereocenters. The largest absolute Gasteiger partial charge is 0.443 e. The van der Waals surface area contributed by atoms with Gasteiger partial charge in [-0.15, -0.1) is 11.3 Å². The highest BCUT2D eigenvalue weighted by Gasteiger charge is 2.35. The lowest BCUT2D eigenvalue weighted by molar-refractivity contribution is -0.137. The van der Waals surface area contributed by atoms with Gasteiger partial charge in [-0.2, -0.15) is 18.3 Å². The first-order valence-electron chi connectivity index (χ1n) is 5.67. The summed E-state index contributed by atoms with van der Waals surface area (Å²) in [4.78, 5) is 3.74. The standard InChI is InChI=1S/C12H9F3N4S/c13-12(14,15)11-17-6-9(20-11)10(16)7-5-18-19-4-2-1-3-8(7)19/h1-6,10H,16H2. The van der Waals surface area contributed by atoms with Gasteiger partial charge in [-0.1, -0.05) is 6.07 Å². The van der Waals surface area contributed by atoms with E-state index in [1.54, 1.807) is 16.9 Å². The number of aromatic nitrogens is 3. The number of thiazole rings is 1. The minimum atomic E-state index is -4.44. The summed E-state index contributed by atoms with van der Waals surface area (Å²) >= 11 is 0.557. The molecule has 3 rings (SSSR count). The average Bonchev–Trinajstić information content (AvgIpc) is 3.04.